The number of methoxy groups -OCH3 is 1. The third-order valence-corrected chi connectivity index (χ3v) is 2.33. The van der Waals surface area contributed by atoms with Crippen LogP contribution in [0.2, 0.25) is 0 Å². The smallest absolute Gasteiger partial charge is 0.123 e. The topological polar surface area (TPSA) is 30.5 Å². The molecule has 90 valence electrons. The zero-order chi connectivity index (χ0) is 11.8. The molecule has 0 amide bonds. The fraction of sp³-hybridized carbons (Fsp3) is 0.538. The summed E-state index contributed by atoms with van der Waals surface area (Å²) in [5.41, 5.74) is 2.46. The van der Waals surface area contributed by atoms with Crippen molar-refractivity contribution in [3.05, 3.63) is 29.3 Å². The van der Waals surface area contributed by atoms with Gasteiger partial charge in [-0.05, 0) is 19.5 Å². The molecule has 0 radical (unpaired) electrons. The summed E-state index contributed by atoms with van der Waals surface area (Å²) in [4.78, 5) is 0. The van der Waals surface area contributed by atoms with Crippen molar-refractivity contribution in [2.24, 2.45) is 0 Å². The van der Waals surface area contributed by atoms with Gasteiger partial charge in [0, 0.05) is 19.2 Å². The molecule has 1 aromatic carbocycles. The SMILES string of the molecule is CCNCc1cc(C)ccc1OCCOC. The summed E-state index contributed by atoms with van der Waals surface area (Å²) < 4.78 is 10.6. The molecule has 16 heavy (non-hydrogen) atoms. The van der Waals surface area contributed by atoms with Crippen LogP contribution < -0.4 is 10.1 Å². The van der Waals surface area contributed by atoms with Crippen LogP contribution in [0.1, 0.15) is 18.1 Å². The summed E-state index contributed by atoms with van der Waals surface area (Å²) in [5.74, 6) is 0.948. The first-order valence-corrected chi connectivity index (χ1v) is 5.70. The molecular weight excluding hydrogens is 202 g/mol. The summed E-state index contributed by atoms with van der Waals surface area (Å²) in [6.07, 6.45) is 0. The van der Waals surface area contributed by atoms with Crippen LogP contribution in [0.3, 0.4) is 0 Å². The maximum atomic E-state index is 5.66. The number of ether oxygens (including phenoxy) is 2. The van der Waals surface area contributed by atoms with Crippen LogP contribution in [0, 0.1) is 6.92 Å². The van der Waals surface area contributed by atoms with E-state index in [-0.39, 0.29) is 0 Å². The summed E-state index contributed by atoms with van der Waals surface area (Å²) in [7, 11) is 1.68. The average molecular weight is 223 g/mol. The molecule has 3 nitrogen and oxygen atoms in total. The number of rotatable bonds is 7. The minimum Gasteiger partial charge on any atom is -0.491 e. The molecule has 0 bridgehead atoms. The zero-order valence-corrected chi connectivity index (χ0v) is 10.4. The molecule has 1 aromatic rings. The summed E-state index contributed by atoms with van der Waals surface area (Å²) in [6.45, 7) is 7.22. The first-order chi connectivity index (χ1) is 7.77. The van der Waals surface area contributed by atoms with E-state index in [4.69, 9.17) is 9.47 Å². The van der Waals surface area contributed by atoms with E-state index in [1.807, 2.05) is 6.07 Å². The molecule has 0 aliphatic carbocycles. The number of hydrogen-bond acceptors (Lipinski definition) is 3. The fourth-order valence-electron chi connectivity index (χ4n) is 1.48. The van der Waals surface area contributed by atoms with Gasteiger partial charge in [0.2, 0.25) is 0 Å². The summed E-state index contributed by atoms with van der Waals surface area (Å²) >= 11 is 0. The van der Waals surface area contributed by atoms with E-state index in [1.165, 1.54) is 11.1 Å². The van der Waals surface area contributed by atoms with Gasteiger partial charge in [0.1, 0.15) is 12.4 Å². The van der Waals surface area contributed by atoms with Gasteiger partial charge in [-0.25, -0.2) is 0 Å². The normalized spacial score (nSPS) is 10.4. The molecule has 0 aliphatic rings. The quantitative estimate of drug-likeness (QED) is 0.718. The largest absolute Gasteiger partial charge is 0.491 e. The molecule has 3 heteroatoms. The molecule has 0 aromatic heterocycles. The molecule has 1 N–H and O–H groups in total. The lowest BCUT2D eigenvalue weighted by atomic mass is 10.1. The Balaban J connectivity index is 2.64. The van der Waals surface area contributed by atoms with Crippen LogP contribution in [0.25, 0.3) is 0 Å². The Hall–Kier alpha value is -1.06. The Bertz CT molecular complexity index is 313. The Morgan fingerprint density at radius 3 is 2.75 bits per heavy atom. The molecule has 0 fully saturated rings. The molecule has 0 aliphatic heterocycles. The fourth-order valence-corrected chi connectivity index (χ4v) is 1.48. The molecule has 0 saturated carbocycles. The minimum atomic E-state index is 0.596. The van der Waals surface area contributed by atoms with Gasteiger partial charge >= 0.3 is 0 Å². The lowest BCUT2D eigenvalue weighted by Crippen LogP contribution is -2.14. The third-order valence-electron chi connectivity index (χ3n) is 2.33. The molecular formula is C13H21NO2. The van der Waals surface area contributed by atoms with Crippen molar-refractivity contribution in [2.75, 3.05) is 26.9 Å². The van der Waals surface area contributed by atoms with Crippen LogP contribution in [-0.4, -0.2) is 26.9 Å². The Kier molecular flexibility index (Phi) is 5.90. The van der Waals surface area contributed by atoms with Crippen LogP contribution >= 0.6 is 0 Å². The van der Waals surface area contributed by atoms with Gasteiger partial charge in [-0.3, -0.25) is 0 Å². The Morgan fingerprint density at radius 1 is 1.25 bits per heavy atom. The second-order valence-electron chi connectivity index (χ2n) is 3.73. The maximum absolute atomic E-state index is 5.66. The van der Waals surface area contributed by atoms with Gasteiger partial charge in [-0.1, -0.05) is 24.6 Å². The van der Waals surface area contributed by atoms with Crippen LogP contribution in [-0.2, 0) is 11.3 Å². The van der Waals surface area contributed by atoms with Gasteiger partial charge in [-0.15, -0.1) is 0 Å². The number of nitrogens with one attached hydrogen (secondary N) is 1. The lowest BCUT2D eigenvalue weighted by Gasteiger charge is -2.12. The van der Waals surface area contributed by atoms with E-state index in [0.29, 0.717) is 13.2 Å². The highest BCUT2D eigenvalue weighted by Gasteiger charge is 2.03. The van der Waals surface area contributed by atoms with Crippen molar-refractivity contribution in [3.8, 4) is 5.75 Å². The molecule has 0 saturated heterocycles. The predicted octanol–water partition coefficient (Wildman–Crippen LogP) is 2.13. The van der Waals surface area contributed by atoms with Crippen LogP contribution in [0.5, 0.6) is 5.75 Å². The average Bonchev–Trinajstić information content (AvgIpc) is 2.29. The second kappa shape index (κ2) is 7.25. The molecule has 0 heterocycles. The summed E-state index contributed by atoms with van der Waals surface area (Å²) in [6, 6.07) is 6.25. The highest BCUT2D eigenvalue weighted by Crippen LogP contribution is 2.19. The van der Waals surface area contributed by atoms with E-state index < -0.39 is 0 Å². The van der Waals surface area contributed by atoms with Crippen LogP contribution in [0.15, 0.2) is 18.2 Å². The second-order valence-corrected chi connectivity index (χ2v) is 3.73. The highest BCUT2D eigenvalue weighted by atomic mass is 16.5. The predicted molar refractivity (Wildman–Crippen MR) is 65.9 cm³/mol. The first kappa shape index (κ1) is 13.0. The number of hydrogen-bond donors (Lipinski definition) is 1. The van der Waals surface area contributed by atoms with Gasteiger partial charge < -0.3 is 14.8 Å². The van der Waals surface area contributed by atoms with Gasteiger partial charge in [0.15, 0.2) is 0 Å². The Labute approximate surface area is 97.8 Å². The molecule has 0 atom stereocenters. The monoisotopic (exact) mass is 223 g/mol. The lowest BCUT2D eigenvalue weighted by molar-refractivity contribution is 0.145. The highest BCUT2D eigenvalue weighted by molar-refractivity contribution is 5.36. The van der Waals surface area contributed by atoms with Gasteiger partial charge in [0.05, 0.1) is 6.61 Å². The van der Waals surface area contributed by atoms with Gasteiger partial charge in [-0.2, -0.15) is 0 Å². The summed E-state index contributed by atoms with van der Waals surface area (Å²) in [5, 5.41) is 3.31. The molecule has 1 rings (SSSR count). The Morgan fingerprint density at radius 2 is 2.06 bits per heavy atom. The van der Waals surface area contributed by atoms with Crippen molar-refractivity contribution in [3.63, 3.8) is 0 Å². The van der Waals surface area contributed by atoms with E-state index in [9.17, 15) is 0 Å². The standard InChI is InChI=1S/C13H21NO2/c1-4-14-10-12-9-11(2)5-6-13(12)16-8-7-15-3/h5-6,9,14H,4,7-8,10H2,1-3H3. The molecule has 0 unspecified atom stereocenters. The van der Waals surface area contributed by atoms with Crippen molar-refractivity contribution >= 4 is 0 Å². The van der Waals surface area contributed by atoms with E-state index >= 15 is 0 Å². The van der Waals surface area contributed by atoms with E-state index in [1.54, 1.807) is 7.11 Å². The number of aryl methyl sites for hydroxylation is 1. The van der Waals surface area contributed by atoms with E-state index in [0.717, 1.165) is 18.8 Å². The molecule has 0 spiro atoms. The zero-order valence-electron chi connectivity index (χ0n) is 10.4. The maximum Gasteiger partial charge on any atom is 0.123 e. The van der Waals surface area contributed by atoms with Gasteiger partial charge in [0.25, 0.3) is 0 Å². The van der Waals surface area contributed by atoms with Crippen molar-refractivity contribution in [1.82, 2.24) is 5.32 Å². The van der Waals surface area contributed by atoms with Crippen LogP contribution in [0.4, 0.5) is 0 Å². The van der Waals surface area contributed by atoms with Crippen molar-refractivity contribution < 1.29 is 9.47 Å². The first-order valence-electron chi connectivity index (χ1n) is 5.70. The van der Waals surface area contributed by atoms with E-state index in [2.05, 4.69) is 31.3 Å². The minimum absolute atomic E-state index is 0.596. The van der Waals surface area contributed by atoms with Crippen molar-refractivity contribution in [2.45, 2.75) is 20.4 Å². The number of benzene rings is 1. The third kappa shape index (κ3) is 4.21. The van der Waals surface area contributed by atoms with Crippen molar-refractivity contribution in [1.29, 1.82) is 0 Å².